The molecule has 0 saturated carbocycles. The van der Waals surface area contributed by atoms with Crippen LogP contribution >= 0.6 is 0 Å². The van der Waals surface area contributed by atoms with Gasteiger partial charge in [0.2, 0.25) is 0 Å². The van der Waals surface area contributed by atoms with Gasteiger partial charge in [0, 0.05) is 37.0 Å². The summed E-state index contributed by atoms with van der Waals surface area (Å²) in [5, 5.41) is 5.40. The summed E-state index contributed by atoms with van der Waals surface area (Å²) in [7, 11) is 0. The minimum atomic E-state index is -0.549. The van der Waals surface area contributed by atoms with Gasteiger partial charge >= 0.3 is 6.09 Å². The van der Waals surface area contributed by atoms with Crippen LogP contribution < -0.4 is 4.74 Å². The predicted molar refractivity (Wildman–Crippen MR) is 150 cm³/mol. The van der Waals surface area contributed by atoms with Crippen molar-refractivity contribution in [1.82, 2.24) is 29.6 Å². The number of hydrogen-bond donors (Lipinski definition) is 1. The van der Waals surface area contributed by atoms with Gasteiger partial charge in [0.05, 0.1) is 35.7 Å². The van der Waals surface area contributed by atoms with E-state index in [1.165, 1.54) is 0 Å². The first-order chi connectivity index (χ1) is 19.3. The third-order valence-corrected chi connectivity index (χ3v) is 7.39. The van der Waals surface area contributed by atoms with Crippen LogP contribution in [-0.4, -0.2) is 54.5 Å². The molecule has 10 heteroatoms. The van der Waals surface area contributed by atoms with Gasteiger partial charge in [0.1, 0.15) is 29.0 Å². The van der Waals surface area contributed by atoms with Crippen molar-refractivity contribution in [2.45, 2.75) is 77.7 Å². The summed E-state index contributed by atoms with van der Waals surface area (Å²) in [6.07, 6.45) is 11.1. The summed E-state index contributed by atoms with van der Waals surface area (Å²) in [5.41, 5.74) is 4.02. The van der Waals surface area contributed by atoms with E-state index in [1.807, 2.05) is 56.0 Å². The maximum Gasteiger partial charge on any atom is 0.410 e. The molecular weight excluding hydrogens is 508 g/mol. The molecule has 2 aliphatic heterocycles. The lowest BCUT2D eigenvalue weighted by atomic mass is 9.93. The molecule has 1 N–H and O–H groups in total. The van der Waals surface area contributed by atoms with E-state index in [2.05, 4.69) is 22.0 Å². The second-order valence-electron chi connectivity index (χ2n) is 11.6. The average Bonchev–Trinajstić information content (AvgIpc) is 3.60. The van der Waals surface area contributed by atoms with Gasteiger partial charge in [0.25, 0.3) is 0 Å². The molecule has 2 atom stereocenters. The van der Waals surface area contributed by atoms with Gasteiger partial charge in [-0.3, -0.25) is 4.98 Å². The number of rotatable bonds is 5. The van der Waals surface area contributed by atoms with Crippen LogP contribution in [0.3, 0.4) is 0 Å². The summed E-state index contributed by atoms with van der Waals surface area (Å²) < 4.78 is 19.8. The Kier molecular flexibility index (Phi) is 6.95. The van der Waals surface area contributed by atoms with Crippen molar-refractivity contribution in [3.8, 4) is 22.8 Å². The Bertz CT molecular complexity index is 1510. The molecule has 0 aliphatic carbocycles. The molecule has 0 bridgehead atoms. The van der Waals surface area contributed by atoms with Crippen molar-refractivity contribution in [1.29, 1.82) is 0 Å². The number of amides is 1. The van der Waals surface area contributed by atoms with Gasteiger partial charge in [-0.2, -0.15) is 5.10 Å². The standard InChI is InChI=1S/C30H36N6O4/c1-5-19-16-35(29(37)40-30(2,3)4)17-20-12-22(15-32-27(19)20)39-25-9-10-31-28-23(25)13-24(34-28)21-14-33-36(18-21)26-8-6-7-11-38-26/h9-10,12-15,18-19,26H,5-8,11,16-17H2,1-4H3,(H,31,34). The largest absolute Gasteiger partial charge is 0.455 e. The molecule has 40 heavy (non-hydrogen) atoms. The van der Waals surface area contributed by atoms with Gasteiger partial charge in [-0.15, -0.1) is 0 Å². The van der Waals surface area contributed by atoms with Gasteiger partial charge in [-0.25, -0.2) is 14.5 Å². The van der Waals surface area contributed by atoms with Crippen LogP contribution in [-0.2, 0) is 16.0 Å². The Balaban J connectivity index is 1.24. The topological polar surface area (TPSA) is 107 Å². The van der Waals surface area contributed by atoms with Gasteiger partial charge in [0.15, 0.2) is 0 Å². The zero-order valence-corrected chi connectivity index (χ0v) is 23.5. The van der Waals surface area contributed by atoms with E-state index in [4.69, 9.17) is 19.2 Å². The number of H-pyrrole nitrogens is 1. The fraction of sp³-hybridized carbons (Fsp3) is 0.467. The number of nitrogens with zero attached hydrogens (tertiary/aromatic N) is 5. The van der Waals surface area contributed by atoms with Crippen molar-refractivity contribution >= 4 is 17.1 Å². The van der Waals surface area contributed by atoms with E-state index >= 15 is 0 Å². The third kappa shape index (κ3) is 5.40. The summed E-state index contributed by atoms with van der Waals surface area (Å²) >= 11 is 0. The fourth-order valence-electron chi connectivity index (χ4n) is 5.40. The molecule has 210 valence electrons. The molecule has 10 nitrogen and oxygen atoms in total. The number of nitrogens with one attached hydrogen (secondary N) is 1. The lowest BCUT2D eigenvalue weighted by Crippen LogP contribution is -2.41. The number of hydrogen-bond acceptors (Lipinski definition) is 7. The number of aromatic nitrogens is 5. The zero-order valence-electron chi connectivity index (χ0n) is 23.5. The second kappa shape index (κ2) is 10.6. The number of pyridine rings is 2. The molecule has 1 amide bonds. The number of ether oxygens (including phenoxy) is 3. The van der Waals surface area contributed by atoms with Gasteiger partial charge in [-0.05, 0) is 70.2 Å². The second-order valence-corrected chi connectivity index (χ2v) is 11.6. The minimum Gasteiger partial charge on any atom is -0.455 e. The van der Waals surface area contributed by atoms with E-state index in [-0.39, 0.29) is 18.2 Å². The van der Waals surface area contributed by atoms with Gasteiger partial charge in [-0.1, -0.05) is 6.92 Å². The van der Waals surface area contributed by atoms with Crippen molar-refractivity contribution in [2.24, 2.45) is 0 Å². The van der Waals surface area contributed by atoms with Crippen LogP contribution in [0, 0.1) is 0 Å². The van der Waals surface area contributed by atoms with E-state index in [9.17, 15) is 4.79 Å². The van der Waals surface area contributed by atoms with Crippen molar-refractivity contribution in [3.63, 3.8) is 0 Å². The Hall–Kier alpha value is -3.92. The monoisotopic (exact) mass is 544 g/mol. The van der Waals surface area contributed by atoms with E-state index in [0.717, 1.165) is 65.8 Å². The number of carbonyl (C=O) groups is 1. The lowest BCUT2D eigenvalue weighted by Gasteiger charge is -2.34. The van der Waals surface area contributed by atoms with Gasteiger partial charge < -0.3 is 24.1 Å². The Morgan fingerprint density at radius 2 is 2.08 bits per heavy atom. The fourth-order valence-corrected chi connectivity index (χ4v) is 5.40. The molecule has 0 spiro atoms. The maximum atomic E-state index is 12.8. The molecule has 1 fully saturated rings. The highest BCUT2D eigenvalue weighted by molar-refractivity contribution is 5.88. The average molecular weight is 545 g/mol. The number of aromatic amines is 1. The molecule has 6 heterocycles. The first-order valence-electron chi connectivity index (χ1n) is 14.1. The van der Waals surface area contributed by atoms with Crippen molar-refractivity contribution < 1.29 is 19.0 Å². The Labute approximate surface area is 233 Å². The molecule has 2 unspecified atom stereocenters. The first kappa shape index (κ1) is 26.3. The van der Waals surface area contributed by atoms with E-state index < -0.39 is 5.60 Å². The molecule has 4 aromatic heterocycles. The first-order valence-corrected chi connectivity index (χ1v) is 14.1. The zero-order chi connectivity index (χ0) is 27.9. The highest BCUT2D eigenvalue weighted by Gasteiger charge is 2.31. The molecule has 6 rings (SSSR count). The summed E-state index contributed by atoms with van der Waals surface area (Å²) in [6.45, 7) is 9.55. The molecule has 0 radical (unpaired) electrons. The van der Waals surface area contributed by atoms with Crippen LogP contribution in [0.4, 0.5) is 4.79 Å². The molecule has 0 aromatic carbocycles. The predicted octanol–water partition coefficient (Wildman–Crippen LogP) is 6.56. The minimum absolute atomic E-state index is 0.0149. The Morgan fingerprint density at radius 1 is 1.20 bits per heavy atom. The van der Waals surface area contributed by atoms with Crippen LogP contribution in [0.25, 0.3) is 22.3 Å². The normalized spacial score (nSPS) is 19.4. The third-order valence-electron chi connectivity index (χ3n) is 7.39. The van der Waals surface area contributed by atoms with Crippen LogP contribution in [0.15, 0.2) is 43.0 Å². The maximum absolute atomic E-state index is 12.8. The lowest BCUT2D eigenvalue weighted by molar-refractivity contribution is -0.0394. The molecular formula is C30H36N6O4. The number of carbonyl (C=O) groups excluding carboxylic acids is 1. The summed E-state index contributed by atoms with van der Waals surface area (Å²) in [4.78, 5) is 27.3. The summed E-state index contributed by atoms with van der Waals surface area (Å²) in [6, 6.07) is 5.86. The quantitative estimate of drug-likeness (QED) is 0.303. The molecule has 1 saturated heterocycles. The molecule has 2 aliphatic rings. The highest BCUT2D eigenvalue weighted by Crippen LogP contribution is 2.36. The smallest absolute Gasteiger partial charge is 0.410 e. The van der Waals surface area contributed by atoms with Crippen molar-refractivity contribution in [2.75, 3.05) is 13.2 Å². The van der Waals surface area contributed by atoms with E-state index in [0.29, 0.717) is 24.6 Å². The Morgan fingerprint density at radius 3 is 2.85 bits per heavy atom. The van der Waals surface area contributed by atoms with Crippen LogP contribution in [0.1, 0.15) is 76.8 Å². The van der Waals surface area contributed by atoms with E-state index in [1.54, 1.807) is 17.3 Å². The van der Waals surface area contributed by atoms with Crippen LogP contribution in [0.2, 0.25) is 0 Å². The van der Waals surface area contributed by atoms with Crippen molar-refractivity contribution in [3.05, 3.63) is 54.2 Å². The molecule has 4 aromatic rings. The number of fused-ring (bicyclic) bond motifs is 2. The SMILES string of the molecule is CCC1CN(C(=O)OC(C)(C)C)Cc2cc(Oc3ccnc4[nH]c(-c5cnn(C6CCCCO6)c5)cc34)cnc21. The summed E-state index contributed by atoms with van der Waals surface area (Å²) in [5.74, 6) is 1.42. The van der Waals surface area contributed by atoms with Crippen LogP contribution in [0.5, 0.6) is 11.5 Å². The highest BCUT2D eigenvalue weighted by atomic mass is 16.6.